The Balaban J connectivity index is 1.67. The number of urea groups is 1. The summed E-state index contributed by atoms with van der Waals surface area (Å²) in [6, 6.07) is 4.90. The average molecular weight is 317 g/mol. The minimum atomic E-state index is 0.105. The monoisotopic (exact) mass is 317 g/mol. The van der Waals surface area contributed by atoms with Gasteiger partial charge in [0.1, 0.15) is 5.75 Å². The van der Waals surface area contributed by atoms with Crippen molar-refractivity contribution in [3.63, 3.8) is 0 Å². The van der Waals surface area contributed by atoms with E-state index in [9.17, 15) is 4.79 Å². The number of piperidine rings is 1. The van der Waals surface area contributed by atoms with Crippen molar-refractivity contribution in [1.82, 2.24) is 15.1 Å². The van der Waals surface area contributed by atoms with Gasteiger partial charge in [0.05, 0.1) is 7.11 Å². The number of nitrogens with one attached hydrogen (secondary N) is 1. The topological polar surface area (TPSA) is 44.8 Å². The van der Waals surface area contributed by atoms with E-state index >= 15 is 0 Å². The molecule has 2 aliphatic rings. The highest BCUT2D eigenvalue weighted by molar-refractivity contribution is 5.76. The predicted octanol–water partition coefficient (Wildman–Crippen LogP) is 2.30. The largest absolute Gasteiger partial charge is 0.496 e. The standard InChI is InChI=1S/C18H27N3O2/c1-13-9-15(10-14(2)17(13)23-3)11-20-7-4-5-16(12-20)21-8-6-19-18(21)22/h9-10,16H,4-8,11-12H2,1-3H3,(H,19,22). The van der Waals surface area contributed by atoms with E-state index in [1.165, 1.54) is 16.7 Å². The number of hydrogen-bond donors (Lipinski definition) is 1. The Hall–Kier alpha value is -1.75. The Bertz CT molecular complexity index is 565. The molecule has 0 aromatic heterocycles. The molecule has 0 aliphatic carbocycles. The molecule has 1 aromatic rings. The zero-order valence-corrected chi connectivity index (χ0v) is 14.4. The molecule has 0 spiro atoms. The van der Waals surface area contributed by atoms with Crippen molar-refractivity contribution in [3.05, 3.63) is 28.8 Å². The van der Waals surface area contributed by atoms with Gasteiger partial charge < -0.3 is 15.0 Å². The first-order valence-electron chi connectivity index (χ1n) is 8.49. The summed E-state index contributed by atoms with van der Waals surface area (Å²) in [5, 5.41) is 2.91. The number of ether oxygens (including phenoxy) is 1. The smallest absolute Gasteiger partial charge is 0.317 e. The maximum Gasteiger partial charge on any atom is 0.317 e. The summed E-state index contributed by atoms with van der Waals surface area (Å²) >= 11 is 0. The van der Waals surface area contributed by atoms with Gasteiger partial charge in [0.15, 0.2) is 0 Å². The second kappa shape index (κ2) is 6.79. The van der Waals surface area contributed by atoms with Crippen LogP contribution in [0.2, 0.25) is 0 Å². The summed E-state index contributed by atoms with van der Waals surface area (Å²) in [5.41, 5.74) is 3.71. The van der Waals surface area contributed by atoms with Crippen molar-refractivity contribution < 1.29 is 9.53 Å². The zero-order valence-electron chi connectivity index (χ0n) is 14.4. The predicted molar refractivity (Wildman–Crippen MR) is 90.9 cm³/mol. The third-order valence-electron chi connectivity index (χ3n) is 4.94. The normalized spacial score (nSPS) is 22.3. The van der Waals surface area contributed by atoms with Crippen molar-refractivity contribution >= 4 is 6.03 Å². The van der Waals surface area contributed by atoms with Crippen LogP contribution in [0.5, 0.6) is 5.75 Å². The maximum atomic E-state index is 11.9. The molecule has 2 fully saturated rings. The molecule has 1 aromatic carbocycles. The van der Waals surface area contributed by atoms with Crippen LogP contribution in [0.15, 0.2) is 12.1 Å². The van der Waals surface area contributed by atoms with Crippen LogP contribution in [0.4, 0.5) is 4.79 Å². The molecular formula is C18H27N3O2. The molecule has 2 aliphatic heterocycles. The van der Waals surface area contributed by atoms with E-state index in [0.29, 0.717) is 6.04 Å². The summed E-state index contributed by atoms with van der Waals surface area (Å²) < 4.78 is 5.45. The highest BCUT2D eigenvalue weighted by atomic mass is 16.5. The lowest BCUT2D eigenvalue weighted by Gasteiger charge is -2.37. The molecule has 5 nitrogen and oxygen atoms in total. The molecule has 0 saturated carbocycles. The second-order valence-corrected chi connectivity index (χ2v) is 6.72. The molecule has 2 heterocycles. The van der Waals surface area contributed by atoms with Crippen LogP contribution < -0.4 is 10.1 Å². The van der Waals surface area contributed by atoms with Crippen LogP contribution in [-0.4, -0.2) is 55.2 Å². The molecular weight excluding hydrogens is 290 g/mol. The molecule has 23 heavy (non-hydrogen) atoms. The van der Waals surface area contributed by atoms with Gasteiger partial charge in [-0.1, -0.05) is 12.1 Å². The number of rotatable bonds is 4. The molecule has 3 rings (SSSR count). The minimum absolute atomic E-state index is 0.105. The van der Waals surface area contributed by atoms with E-state index in [2.05, 4.69) is 36.2 Å². The van der Waals surface area contributed by atoms with E-state index in [4.69, 9.17) is 4.74 Å². The van der Waals surface area contributed by atoms with Crippen molar-refractivity contribution in [2.75, 3.05) is 33.3 Å². The molecule has 1 N–H and O–H groups in total. The Kier molecular flexibility index (Phi) is 4.76. The molecule has 2 amide bonds. The van der Waals surface area contributed by atoms with Crippen molar-refractivity contribution in [1.29, 1.82) is 0 Å². The number of methoxy groups -OCH3 is 1. The summed E-state index contributed by atoms with van der Waals surface area (Å²) in [6.07, 6.45) is 2.27. The van der Waals surface area contributed by atoms with E-state index in [1.54, 1.807) is 7.11 Å². The Labute approximate surface area is 138 Å². The number of nitrogens with zero attached hydrogens (tertiary/aromatic N) is 2. The van der Waals surface area contributed by atoms with Crippen LogP contribution in [0, 0.1) is 13.8 Å². The quantitative estimate of drug-likeness (QED) is 0.927. The molecule has 5 heteroatoms. The van der Waals surface area contributed by atoms with Crippen LogP contribution in [0.1, 0.15) is 29.5 Å². The first kappa shape index (κ1) is 16.1. The van der Waals surface area contributed by atoms with Crippen LogP contribution in [0.25, 0.3) is 0 Å². The van der Waals surface area contributed by atoms with E-state index < -0.39 is 0 Å². The van der Waals surface area contributed by atoms with E-state index in [1.807, 2.05) is 4.90 Å². The minimum Gasteiger partial charge on any atom is -0.496 e. The number of benzene rings is 1. The second-order valence-electron chi connectivity index (χ2n) is 6.72. The molecule has 1 atom stereocenters. The summed E-state index contributed by atoms with van der Waals surface area (Å²) in [6.45, 7) is 8.85. The number of likely N-dealkylation sites (tertiary alicyclic amines) is 1. The number of carbonyl (C=O) groups is 1. The molecule has 2 saturated heterocycles. The first-order chi connectivity index (χ1) is 11.1. The van der Waals surface area contributed by atoms with Gasteiger partial charge in [-0.05, 0) is 49.9 Å². The lowest BCUT2D eigenvalue weighted by molar-refractivity contribution is 0.122. The van der Waals surface area contributed by atoms with E-state index in [0.717, 1.165) is 51.3 Å². The maximum absolute atomic E-state index is 11.9. The molecule has 0 bridgehead atoms. The SMILES string of the molecule is COc1c(C)cc(CN2CCCC(N3CCNC3=O)C2)cc1C. The number of amides is 2. The number of aryl methyl sites for hydroxylation is 2. The first-order valence-corrected chi connectivity index (χ1v) is 8.49. The Morgan fingerprint density at radius 2 is 2.00 bits per heavy atom. The van der Waals surface area contributed by atoms with Gasteiger partial charge in [0, 0.05) is 32.2 Å². The van der Waals surface area contributed by atoms with Gasteiger partial charge in [-0.2, -0.15) is 0 Å². The summed E-state index contributed by atoms with van der Waals surface area (Å²) in [5.74, 6) is 0.985. The van der Waals surface area contributed by atoms with Gasteiger partial charge >= 0.3 is 6.03 Å². The van der Waals surface area contributed by atoms with Crippen LogP contribution >= 0.6 is 0 Å². The highest BCUT2D eigenvalue weighted by Crippen LogP contribution is 2.26. The molecule has 1 unspecified atom stereocenters. The summed E-state index contributed by atoms with van der Waals surface area (Å²) in [7, 11) is 1.73. The lowest BCUT2D eigenvalue weighted by Crippen LogP contribution is -2.48. The van der Waals surface area contributed by atoms with Crippen molar-refractivity contribution in [2.45, 2.75) is 39.3 Å². The fourth-order valence-electron chi connectivity index (χ4n) is 3.98. The fourth-order valence-corrected chi connectivity index (χ4v) is 3.98. The number of carbonyl (C=O) groups excluding carboxylic acids is 1. The Morgan fingerprint density at radius 1 is 1.26 bits per heavy atom. The van der Waals surface area contributed by atoms with E-state index in [-0.39, 0.29) is 6.03 Å². The van der Waals surface area contributed by atoms with Gasteiger partial charge in [-0.15, -0.1) is 0 Å². The number of hydrogen-bond acceptors (Lipinski definition) is 3. The van der Waals surface area contributed by atoms with Crippen LogP contribution in [-0.2, 0) is 6.54 Å². The Morgan fingerprint density at radius 3 is 2.61 bits per heavy atom. The van der Waals surface area contributed by atoms with Gasteiger partial charge in [0.25, 0.3) is 0 Å². The van der Waals surface area contributed by atoms with Crippen molar-refractivity contribution in [2.24, 2.45) is 0 Å². The zero-order chi connectivity index (χ0) is 16.4. The third-order valence-corrected chi connectivity index (χ3v) is 4.94. The molecule has 126 valence electrons. The lowest BCUT2D eigenvalue weighted by atomic mass is 10.0. The highest BCUT2D eigenvalue weighted by Gasteiger charge is 2.31. The van der Waals surface area contributed by atoms with Gasteiger partial charge in [0.2, 0.25) is 0 Å². The van der Waals surface area contributed by atoms with Gasteiger partial charge in [-0.3, -0.25) is 4.90 Å². The summed E-state index contributed by atoms with van der Waals surface area (Å²) in [4.78, 5) is 16.4. The fraction of sp³-hybridized carbons (Fsp3) is 0.611. The van der Waals surface area contributed by atoms with Crippen molar-refractivity contribution in [3.8, 4) is 5.75 Å². The molecule has 0 radical (unpaired) electrons. The van der Waals surface area contributed by atoms with Crippen LogP contribution in [0.3, 0.4) is 0 Å². The third kappa shape index (κ3) is 3.44. The van der Waals surface area contributed by atoms with Gasteiger partial charge in [-0.25, -0.2) is 4.79 Å². The average Bonchev–Trinajstić information content (AvgIpc) is 2.93.